The molecule has 4 rings (SSSR count). The molecule has 0 aliphatic heterocycles. The van der Waals surface area contributed by atoms with Crippen LogP contribution in [-0.2, 0) is 6.54 Å². The van der Waals surface area contributed by atoms with Crippen LogP contribution in [0, 0.1) is 0 Å². The molecule has 0 unspecified atom stereocenters. The largest absolute Gasteiger partial charge is 0.319 e. The van der Waals surface area contributed by atoms with Crippen molar-refractivity contribution in [3.8, 4) is 0 Å². The van der Waals surface area contributed by atoms with Crippen molar-refractivity contribution in [3.63, 3.8) is 0 Å². The molecule has 4 aromatic rings. The molecule has 25 heavy (non-hydrogen) atoms. The van der Waals surface area contributed by atoms with Gasteiger partial charge in [-0.25, -0.2) is 0 Å². The minimum Gasteiger partial charge on any atom is -0.319 e. The van der Waals surface area contributed by atoms with Crippen molar-refractivity contribution in [1.82, 2.24) is 14.8 Å². The average molecular weight is 328 g/mol. The fourth-order valence-corrected chi connectivity index (χ4v) is 2.83. The molecule has 0 aliphatic rings. The lowest BCUT2D eigenvalue weighted by molar-refractivity contribution is 0.102. The first-order valence-corrected chi connectivity index (χ1v) is 8.00. The van der Waals surface area contributed by atoms with E-state index in [4.69, 9.17) is 0 Å². The maximum Gasteiger partial charge on any atom is 0.255 e. The van der Waals surface area contributed by atoms with Crippen molar-refractivity contribution in [1.29, 1.82) is 0 Å². The van der Waals surface area contributed by atoms with Crippen molar-refractivity contribution < 1.29 is 4.79 Å². The summed E-state index contributed by atoms with van der Waals surface area (Å²) in [6, 6.07) is 17.9. The summed E-state index contributed by atoms with van der Waals surface area (Å²) in [5.74, 6) is -0.174. The lowest BCUT2D eigenvalue weighted by Crippen LogP contribution is -2.11. The molecule has 0 fully saturated rings. The van der Waals surface area contributed by atoms with Crippen LogP contribution >= 0.6 is 0 Å². The SMILES string of the molecule is O=C(Nc1cnn(Cc2cccc3ccccc23)c1)c1ccncc1. The Morgan fingerprint density at radius 2 is 1.80 bits per heavy atom. The molecule has 0 radical (unpaired) electrons. The van der Waals surface area contributed by atoms with Crippen molar-refractivity contribution in [3.05, 3.63) is 90.5 Å². The van der Waals surface area contributed by atoms with Crippen LogP contribution in [0.15, 0.2) is 79.4 Å². The molecular weight excluding hydrogens is 312 g/mol. The Labute approximate surface area is 144 Å². The predicted molar refractivity (Wildman–Crippen MR) is 97.5 cm³/mol. The minimum absolute atomic E-state index is 0.174. The zero-order valence-corrected chi connectivity index (χ0v) is 13.5. The van der Waals surface area contributed by atoms with Crippen LogP contribution in [-0.4, -0.2) is 20.7 Å². The summed E-state index contributed by atoms with van der Waals surface area (Å²) < 4.78 is 1.82. The summed E-state index contributed by atoms with van der Waals surface area (Å²) in [6.45, 7) is 0.645. The van der Waals surface area contributed by atoms with Gasteiger partial charge in [-0.3, -0.25) is 14.5 Å². The predicted octanol–water partition coefficient (Wildman–Crippen LogP) is 3.73. The fourth-order valence-electron chi connectivity index (χ4n) is 2.83. The molecule has 0 spiro atoms. The van der Waals surface area contributed by atoms with Gasteiger partial charge in [0.25, 0.3) is 5.91 Å². The van der Waals surface area contributed by atoms with Crippen LogP contribution in [0.3, 0.4) is 0 Å². The summed E-state index contributed by atoms with van der Waals surface area (Å²) in [5.41, 5.74) is 2.42. The van der Waals surface area contributed by atoms with Gasteiger partial charge in [0.2, 0.25) is 0 Å². The van der Waals surface area contributed by atoms with Crippen LogP contribution in [0.25, 0.3) is 10.8 Å². The van der Waals surface area contributed by atoms with E-state index >= 15 is 0 Å². The van der Waals surface area contributed by atoms with Crippen LogP contribution in [0.2, 0.25) is 0 Å². The molecule has 2 aromatic heterocycles. The summed E-state index contributed by atoms with van der Waals surface area (Å²) in [4.78, 5) is 16.1. The number of nitrogens with zero attached hydrogens (tertiary/aromatic N) is 3. The van der Waals surface area contributed by atoms with Crippen molar-refractivity contribution in [2.75, 3.05) is 5.32 Å². The van der Waals surface area contributed by atoms with E-state index in [1.165, 1.54) is 16.3 Å². The Bertz CT molecular complexity index is 1020. The number of carbonyl (C=O) groups excluding carboxylic acids is 1. The molecule has 0 saturated carbocycles. The fraction of sp³-hybridized carbons (Fsp3) is 0.0500. The standard InChI is InChI=1S/C20H16N4O/c25-20(16-8-10-21-11-9-16)23-18-12-22-24(14-18)13-17-6-3-5-15-4-1-2-7-19(15)17/h1-12,14H,13H2,(H,23,25). The third-order valence-electron chi connectivity index (χ3n) is 4.05. The smallest absolute Gasteiger partial charge is 0.255 e. The molecule has 5 nitrogen and oxygen atoms in total. The van der Waals surface area contributed by atoms with E-state index in [1.807, 2.05) is 29.1 Å². The van der Waals surface area contributed by atoms with Gasteiger partial charge in [0.05, 0.1) is 18.4 Å². The molecule has 5 heteroatoms. The first kappa shape index (κ1) is 15.1. The Kier molecular flexibility index (Phi) is 3.96. The lowest BCUT2D eigenvalue weighted by atomic mass is 10.0. The molecular formula is C20H16N4O. The van der Waals surface area contributed by atoms with Crippen molar-refractivity contribution in [2.45, 2.75) is 6.54 Å². The van der Waals surface area contributed by atoms with E-state index in [2.05, 4.69) is 39.7 Å². The normalized spacial score (nSPS) is 10.7. The Hall–Kier alpha value is -3.47. The lowest BCUT2D eigenvalue weighted by Gasteiger charge is -2.06. The highest BCUT2D eigenvalue weighted by molar-refractivity contribution is 6.04. The number of anilines is 1. The zero-order chi connectivity index (χ0) is 17.1. The maximum absolute atomic E-state index is 12.2. The van der Waals surface area contributed by atoms with Gasteiger partial charge in [0.1, 0.15) is 0 Å². The quantitative estimate of drug-likeness (QED) is 0.621. The third-order valence-corrected chi connectivity index (χ3v) is 4.05. The second-order valence-electron chi connectivity index (χ2n) is 5.75. The first-order valence-electron chi connectivity index (χ1n) is 8.00. The third kappa shape index (κ3) is 3.26. The minimum atomic E-state index is -0.174. The number of hydrogen-bond donors (Lipinski definition) is 1. The zero-order valence-electron chi connectivity index (χ0n) is 13.5. The highest BCUT2D eigenvalue weighted by atomic mass is 16.1. The monoisotopic (exact) mass is 328 g/mol. The van der Waals surface area contributed by atoms with E-state index in [0.29, 0.717) is 17.8 Å². The number of hydrogen-bond acceptors (Lipinski definition) is 3. The van der Waals surface area contributed by atoms with Crippen molar-refractivity contribution in [2.24, 2.45) is 0 Å². The summed E-state index contributed by atoms with van der Waals surface area (Å²) in [7, 11) is 0. The average Bonchev–Trinajstić information content (AvgIpc) is 3.09. The van der Waals surface area contributed by atoms with Crippen LogP contribution < -0.4 is 5.32 Å². The van der Waals surface area contributed by atoms with E-state index in [0.717, 1.165) is 0 Å². The summed E-state index contributed by atoms with van der Waals surface area (Å²) >= 11 is 0. The van der Waals surface area contributed by atoms with E-state index in [-0.39, 0.29) is 5.91 Å². The van der Waals surface area contributed by atoms with Gasteiger partial charge in [0, 0.05) is 24.2 Å². The van der Waals surface area contributed by atoms with E-state index in [9.17, 15) is 4.79 Å². The van der Waals surface area contributed by atoms with Gasteiger partial charge in [-0.1, -0.05) is 42.5 Å². The number of carbonyl (C=O) groups is 1. The summed E-state index contributed by atoms with van der Waals surface area (Å²) in [6.07, 6.45) is 6.68. The second-order valence-corrected chi connectivity index (χ2v) is 5.75. The van der Waals surface area contributed by atoms with Gasteiger partial charge >= 0.3 is 0 Å². The van der Waals surface area contributed by atoms with Gasteiger partial charge < -0.3 is 5.32 Å². The van der Waals surface area contributed by atoms with Gasteiger partial charge in [-0.2, -0.15) is 5.10 Å². The van der Waals surface area contributed by atoms with Crippen LogP contribution in [0.5, 0.6) is 0 Å². The molecule has 122 valence electrons. The van der Waals surface area contributed by atoms with E-state index in [1.54, 1.807) is 30.7 Å². The molecule has 2 aromatic carbocycles. The van der Waals surface area contributed by atoms with Crippen molar-refractivity contribution >= 4 is 22.4 Å². The number of pyridine rings is 1. The second kappa shape index (κ2) is 6.57. The number of amides is 1. The maximum atomic E-state index is 12.2. The first-order chi connectivity index (χ1) is 12.3. The highest BCUT2D eigenvalue weighted by Crippen LogP contribution is 2.19. The number of aromatic nitrogens is 3. The number of benzene rings is 2. The van der Waals surface area contributed by atoms with Gasteiger partial charge in [-0.15, -0.1) is 0 Å². The van der Waals surface area contributed by atoms with E-state index < -0.39 is 0 Å². The topological polar surface area (TPSA) is 59.8 Å². The molecule has 0 saturated heterocycles. The molecule has 0 bridgehead atoms. The Balaban J connectivity index is 1.52. The highest BCUT2D eigenvalue weighted by Gasteiger charge is 2.08. The molecule has 1 amide bonds. The van der Waals surface area contributed by atoms with Gasteiger partial charge in [-0.05, 0) is 28.5 Å². The molecule has 0 aliphatic carbocycles. The molecule has 1 N–H and O–H groups in total. The number of rotatable bonds is 4. The summed E-state index contributed by atoms with van der Waals surface area (Å²) in [5, 5.41) is 9.62. The Morgan fingerprint density at radius 1 is 1.00 bits per heavy atom. The molecule has 0 atom stereocenters. The van der Waals surface area contributed by atoms with Gasteiger partial charge in [0.15, 0.2) is 0 Å². The van der Waals surface area contributed by atoms with Crippen LogP contribution in [0.1, 0.15) is 15.9 Å². The molecule has 2 heterocycles. The van der Waals surface area contributed by atoms with Crippen LogP contribution in [0.4, 0.5) is 5.69 Å². The number of fused-ring (bicyclic) bond motifs is 1. The number of nitrogens with one attached hydrogen (secondary N) is 1. The Morgan fingerprint density at radius 3 is 2.68 bits per heavy atom.